The fourth-order valence-corrected chi connectivity index (χ4v) is 3.59. The molecule has 0 aliphatic carbocycles. The molecule has 2 aromatic heterocycles. The molecule has 1 aromatic carbocycles. The molecule has 0 bridgehead atoms. The molecule has 1 aliphatic rings. The zero-order valence-electron chi connectivity index (χ0n) is 16.1. The van der Waals surface area contributed by atoms with Gasteiger partial charge in [-0.1, -0.05) is 11.6 Å². The van der Waals surface area contributed by atoms with Gasteiger partial charge in [0.2, 0.25) is 0 Å². The zero-order chi connectivity index (χ0) is 22.3. The molecular weight excluding hydrogens is 435 g/mol. The van der Waals surface area contributed by atoms with Crippen molar-refractivity contribution in [1.82, 2.24) is 19.7 Å². The van der Waals surface area contributed by atoms with Crippen LogP contribution in [-0.4, -0.2) is 38.0 Å². The van der Waals surface area contributed by atoms with Gasteiger partial charge < -0.3 is 4.90 Å². The Morgan fingerprint density at radius 1 is 1.19 bits per heavy atom. The minimum Gasteiger partial charge on any atom is -0.305 e. The molecule has 3 heterocycles. The summed E-state index contributed by atoms with van der Waals surface area (Å²) in [7, 11) is 0. The van der Waals surface area contributed by atoms with Gasteiger partial charge in [0.05, 0.1) is 30.2 Å². The van der Waals surface area contributed by atoms with Gasteiger partial charge in [-0.15, -0.1) is 0 Å². The molecule has 1 aliphatic heterocycles. The SMILES string of the molecule is C[C@H]1CN(c2ccc(C(F)(F)F)cc2)C(=O)c2c(CC(=O)c3cncc(Cl)n3)cnn21. The second kappa shape index (κ2) is 7.77. The normalized spacial score (nSPS) is 16.4. The number of benzene rings is 1. The molecule has 7 nitrogen and oxygen atoms in total. The van der Waals surface area contributed by atoms with E-state index in [1.165, 1.54) is 40.3 Å². The van der Waals surface area contributed by atoms with Crippen LogP contribution in [0.1, 0.15) is 45.1 Å². The summed E-state index contributed by atoms with van der Waals surface area (Å²) >= 11 is 5.78. The van der Waals surface area contributed by atoms with E-state index in [9.17, 15) is 22.8 Å². The molecule has 4 rings (SSSR count). The quantitative estimate of drug-likeness (QED) is 0.562. The highest BCUT2D eigenvalue weighted by Gasteiger charge is 2.35. The number of halogens is 4. The zero-order valence-corrected chi connectivity index (χ0v) is 16.9. The predicted octanol–water partition coefficient (Wildman–Crippen LogP) is 3.99. The number of anilines is 1. The molecule has 1 amide bonds. The molecule has 0 spiro atoms. The average Bonchev–Trinajstić information content (AvgIpc) is 3.14. The van der Waals surface area contributed by atoms with E-state index in [0.717, 1.165) is 12.1 Å². The van der Waals surface area contributed by atoms with Gasteiger partial charge in [-0.3, -0.25) is 19.3 Å². The number of aromatic nitrogens is 4. The Morgan fingerprint density at radius 2 is 1.90 bits per heavy atom. The maximum atomic E-state index is 13.2. The molecule has 160 valence electrons. The minimum absolute atomic E-state index is 0.0587. The molecule has 0 saturated carbocycles. The van der Waals surface area contributed by atoms with E-state index in [4.69, 9.17) is 11.6 Å². The number of carbonyl (C=O) groups excluding carboxylic acids is 2. The summed E-state index contributed by atoms with van der Waals surface area (Å²) < 4.78 is 40.1. The number of carbonyl (C=O) groups is 2. The van der Waals surface area contributed by atoms with Crippen LogP contribution >= 0.6 is 11.6 Å². The van der Waals surface area contributed by atoms with Gasteiger partial charge in [-0.2, -0.15) is 18.3 Å². The first kappa shape index (κ1) is 21.0. The van der Waals surface area contributed by atoms with E-state index in [1.807, 2.05) is 6.92 Å². The van der Waals surface area contributed by atoms with Gasteiger partial charge >= 0.3 is 6.18 Å². The Hall–Kier alpha value is -3.27. The summed E-state index contributed by atoms with van der Waals surface area (Å²) in [5.41, 5.74) is 0.188. The Kier molecular flexibility index (Phi) is 5.26. The molecule has 1 atom stereocenters. The first-order valence-electron chi connectivity index (χ1n) is 9.21. The van der Waals surface area contributed by atoms with Crippen LogP contribution in [0.25, 0.3) is 0 Å². The third kappa shape index (κ3) is 4.02. The van der Waals surface area contributed by atoms with Crippen molar-refractivity contribution in [1.29, 1.82) is 0 Å². The highest BCUT2D eigenvalue weighted by molar-refractivity contribution is 6.29. The lowest BCUT2D eigenvalue weighted by atomic mass is 10.0. The Balaban J connectivity index is 1.63. The van der Waals surface area contributed by atoms with Gasteiger partial charge in [-0.25, -0.2) is 4.98 Å². The first-order valence-corrected chi connectivity index (χ1v) is 9.59. The van der Waals surface area contributed by atoms with Crippen molar-refractivity contribution in [3.05, 3.63) is 70.5 Å². The smallest absolute Gasteiger partial charge is 0.305 e. The number of alkyl halides is 3. The van der Waals surface area contributed by atoms with E-state index >= 15 is 0 Å². The molecule has 0 fully saturated rings. The minimum atomic E-state index is -4.47. The van der Waals surface area contributed by atoms with E-state index in [1.54, 1.807) is 0 Å². The van der Waals surface area contributed by atoms with Crippen LogP contribution in [0.2, 0.25) is 5.15 Å². The Bertz CT molecular complexity index is 1160. The number of rotatable bonds is 4. The summed E-state index contributed by atoms with van der Waals surface area (Å²) in [4.78, 5) is 34.9. The van der Waals surface area contributed by atoms with E-state index < -0.39 is 23.4 Å². The second-order valence-electron chi connectivity index (χ2n) is 7.10. The van der Waals surface area contributed by atoms with Crippen LogP contribution in [0.5, 0.6) is 0 Å². The predicted molar refractivity (Wildman–Crippen MR) is 105 cm³/mol. The molecule has 3 aromatic rings. The summed E-state index contributed by atoms with van der Waals surface area (Å²) in [5.74, 6) is -0.840. The summed E-state index contributed by atoms with van der Waals surface area (Å²) in [6.07, 6.45) is -0.594. The van der Waals surface area contributed by atoms with Crippen molar-refractivity contribution >= 4 is 29.0 Å². The summed E-state index contributed by atoms with van der Waals surface area (Å²) in [5, 5.41) is 4.30. The second-order valence-corrected chi connectivity index (χ2v) is 7.49. The number of amides is 1. The van der Waals surface area contributed by atoms with Crippen LogP contribution in [-0.2, 0) is 12.6 Å². The fraction of sp³-hybridized carbons (Fsp3) is 0.250. The van der Waals surface area contributed by atoms with Crippen molar-refractivity contribution in [3.8, 4) is 0 Å². The van der Waals surface area contributed by atoms with Gasteiger partial charge in [0, 0.05) is 24.2 Å². The van der Waals surface area contributed by atoms with Crippen molar-refractivity contribution in [2.45, 2.75) is 25.6 Å². The molecule has 0 N–H and O–H groups in total. The number of ketones is 1. The van der Waals surface area contributed by atoms with Gasteiger partial charge in [0.25, 0.3) is 5.91 Å². The van der Waals surface area contributed by atoms with Crippen molar-refractivity contribution < 1.29 is 22.8 Å². The largest absolute Gasteiger partial charge is 0.416 e. The molecule has 0 unspecified atom stereocenters. The number of nitrogens with zero attached hydrogens (tertiary/aromatic N) is 5. The number of fused-ring (bicyclic) bond motifs is 1. The topological polar surface area (TPSA) is 81.0 Å². The van der Waals surface area contributed by atoms with E-state index in [2.05, 4.69) is 15.1 Å². The Morgan fingerprint density at radius 3 is 2.55 bits per heavy atom. The standard InChI is InChI=1S/C20H15ClF3N5O2/c1-11-10-28(14-4-2-13(3-5-14)20(22,23)24)19(31)18-12(7-26-29(11)18)6-16(30)15-8-25-9-17(21)27-15/h2-5,7-9,11H,6,10H2,1H3/t11-/m0/s1. The number of hydrogen-bond donors (Lipinski definition) is 0. The van der Waals surface area contributed by atoms with Gasteiger partial charge in [0.15, 0.2) is 5.78 Å². The van der Waals surface area contributed by atoms with Gasteiger partial charge in [0.1, 0.15) is 16.5 Å². The summed E-state index contributed by atoms with van der Waals surface area (Å²) in [6, 6.07) is 4.13. The van der Waals surface area contributed by atoms with Crippen LogP contribution in [0.3, 0.4) is 0 Å². The summed E-state index contributed by atoms with van der Waals surface area (Å²) in [6.45, 7) is 2.06. The number of hydrogen-bond acceptors (Lipinski definition) is 5. The fourth-order valence-electron chi connectivity index (χ4n) is 3.44. The van der Waals surface area contributed by atoms with Crippen LogP contribution in [0.15, 0.2) is 42.9 Å². The molecule has 0 saturated heterocycles. The third-order valence-electron chi connectivity index (χ3n) is 4.93. The lowest BCUT2D eigenvalue weighted by Gasteiger charge is -2.32. The van der Waals surface area contributed by atoms with Crippen LogP contribution in [0.4, 0.5) is 18.9 Å². The van der Waals surface area contributed by atoms with Crippen molar-refractivity contribution in [2.75, 3.05) is 11.4 Å². The van der Waals surface area contributed by atoms with E-state index in [0.29, 0.717) is 11.3 Å². The third-order valence-corrected chi connectivity index (χ3v) is 5.11. The van der Waals surface area contributed by atoms with E-state index in [-0.39, 0.29) is 35.5 Å². The van der Waals surface area contributed by atoms with Crippen LogP contribution in [0, 0.1) is 0 Å². The average molecular weight is 450 g/mol. The molecule has 31 heavy (non-hydrogen) atoms. The van der Waals surface area contributed by atoms with Crippen molar-refractivity contribution in [3.63, 3.8) is 0 Å². The lowest BCUT2D eigenvalue weighted by Crippen LogP contribution is -2.43. The molecule has 0 radical (unpaired) electrons. The maximum absolute atomic E-state index is 13.2. The monoisotopic (exact) mass is 449 g/mol. The number of Topliss-reactive ketones (excluding diaryl/α,β-unsaturated/α-hetero) is 1. The lowest BCUT2D eigenvalue weighted by molar-refractivity contribution is -0.137. The molecular formula is C20H15ClF3N5O2. The highest BCUT2D eigenvalue weighted by atomic mass is 35.5. The van der Waals surface area contributed by atoms with Gasteiger partial charge in [-0.05, 0) is 31.2 Å². The first-order chi connectivity index (χ1) is 14.6. The highest BCUT2D eigenvalue weighted by Crippen LogP contribution is 2.33. The van der Waals surface area contributed by atoms with Crippen molar-refractivity contribution in [2.24, 2.45) is 0 Å². The molecule has 11 heteroatoms. The van der Waals surface area contributed by atoms with Crippen LogP contribution < -0.4 is 4.90 Å². The Labute approximate surface area is 179 Å². The maximum Gasteiger partial charge on any atom is 0.416 e.